The van der Waals surface area contributed by atoms with E-state index in [1.165, 1.54) is 18.2 Å². The lowest BCUT2D eigenvalue weighted by molar-refractivity contribution is -0.401. The average molecular weight is 233 g/mol. The van der Waals surface area contributed by atoms with Crippen LogP contribution in [-0.4, -0.2) is 4.92 Å². The predicted octanol–water partition coefficient (Wildman–Crippen LogP) is 3.33. The molecule has 0 aliphatic heterocycles. The van der Waals surface area contributed by atoms with E-state index in [1.807, 2.05) is 0 Å². The first-order valence-corrected chi connectivity index (χ1v) is 4.82. The van der Waals surface area contributed by atoms with Crippen LogP contribution in [0.25, 0.3) is 17.4 Å². The second-order valence-corrected chi connectivity index (χ2v) is 3.31. The van der Waals surface area contributed by atoms with Gasteiger partial charge in [-0.3, -0.25) is 10.1 Å². The van der Waals surface area contributed by atoms with E-state index in [2.05, 4.69) is 0 Å². The molecule has 2 aromatic rings. The Kier molecular flexibility index (Phi) is 3.00. The van der Waals surface area contributed by atoms with Gasteiger partial charge in [0.25, 0.3) is 0 Å². The van der Waals surface area contributed by atoms with E-state index in [0.717, 1.165) is 6.20 Å². The van der Waals surface area contributed by atoms with Crippen molar-refractivity contribution in [1.29, 1.82) is 0 Å². The molecule has 0 spiro atoms. The Hall–Kier alpha value is -2.43. The number of nitro groups is 1. The Balaban J connectivity index is 2.27. The smallest absolute Gasteiger partial charge is 0.238 e. The van der Waals surface area contributed by atoms with Gasteiger partial charge >= 0.3 is 0 Å². The van der Waals surface area contributed by atoms with E-state index in [-0.39, 0.29) is 5.82 Å². The van der Waals surface area contributed by atoms with Gasteiger partial charge in [0.2, 0.25) is 6.20 Å². The Morgan fingerprint density at radius 3 is 2.82 bits per heavy atom. The highest BCUT2D eigenvalue weighted by Gasteiger charge is 2.04. The number of hydrogen-bond acceptors (Lipinski definition) is 3. The summed E-state index contributed by atoms with van der Waals surface area (Å²) in [7, 11) is 0. The third kappa shape index (κ3) is 2.78. The van der Waals surface area contributed by atoms with Gasteiger partial charge in [0.05, 0.1) is 11.0 Å². The van der Waals surface area contributed by atoms with Crippen LogP contribution in [0.15, 0.2) is 47.0 Å². The first kappa shape index (κ1) is 11.1. The zero-order valence-electron chi connectivity index (χ0n) is 8.67. The molecule has 17 heavy (non-hydrogen) atoms. The minimum atomic E-state index is -0.579. The number of hydrogen-bond donors (Lipinski definition) is 0. The maximum Gasteiger partial charge on any atom is 0.238 e. The van der Waals surface area contributed by atoms with Crippen LogP contribution in [0.3, 0.4) is 0 Å². The molecule has 0 amide bonds. The molecule has 0 radical (unpaired) electrons. The van der Waals surface area contributed by atoms with Crippen LogP contribution in [-0.2, 0) is 0 Å². The predicted molar refractivity (Wildman–Crippen MR) is 60.1 cm³/mol. The van der Waals surface area contributed by atoms with Crippen molar-refractivity contribution in [2.45, 2.75) is 0 Å². The fraction of sp³-hybridized carbons (Fsp3) is 0. The molecule has 1 aromatic heterocycles. The molecule has 0 atom stereocenters. The second kappa shape index (κ2) is 4.61. The molecular formula is C12H8FNO3. The van der Waals surface area contributed by atoms with Gasteiger partial charge in [-0.1, -0.05) is 12.1 Å². The van der Waals surface area contributed by atoms with E-state index >= 15 is 0 Å². The summed E-state index contributed by atoms with van der Waals surface area (Å²) >= 11 is 0. The lowest BCUT2D eigenvalue weighted by atomic mass is 10.2. The van der Waals surface area contributed by atoms with Gasteiger partial charge in [0.15, 0.2) is 0 Å². The van der Waals surface area contributed by atoms with E-state index < -0.39 is 4.92 Å². The van der Waals surface area contributed by atoms with E-state index in [4.69, 9.17) is 4.42 Å². The molecule has 0 bridgehead atoms. The molecule has 0 aliphatic carbocycles. The molecule has 1 aromatic carbocycles. The highest BCUT2D eigenvalue weighted by atomic mass is 19.1. The molecule has 4 nitrogen and oxygen atoms in total. The lowest BCUT2D eigenvalue weighted by Crippen LogP contribution is -1.81. The van der Waals surface area contributed by atoms with Gasteiger partial charge in [0, 0.05) is 5.56 Å². The maximum absolute atomic E-state index is 13.0. The minimum absolute atomic E-state index is 0.348. The summed E-state index contributed by atoms with van der Waals surface area (Å²) in [5.74, 6) is 0.453. The fourth-order valence-electron chi connectivity index (χ4n) is 1.37. The normalized spacial score (nSPS) is 10.9. The summed E-state index contributed by atoms with van der Waals surface area (Å²) in [5.41, 5.74) is 0.589. The number of rotatable bonds is 3. The summed E-state index contributed by atoms with van der Waals surface area (Å²) in [6.07, 6.45) is 2.02. The van der Waals surface area contributed by atoms with Gasteiger partial charge in [-0.05, 0) is 24.3 Å². The third-order valence-electron chi connectivity index (χ3n) is 2.10. The van der Waals surface area contributed by atoms with E-state index in [0.29, 0.717) is 17.1 Å². The Bertz CT molecular complexity index is 575. The van der Waals surface area contributed by atoms with Crippen LogP contribution < -0.4 is 0 Å². The zero-order chi connectivity index (χ0) is 12.3. The number of furan rings is 1. The minimum Gasteiger partial charge on any atom is -0.457 e. The molecule has 0 fully saturated rings. The van der Waals surface area contributed by atoms with Crippen molar-refractivity contribution in [3.05, 3.63) is 64.3 Å². The summed E-state index contributed by atoms with van der Waals surface area (Å²) in [5, 5.41) is 10.1. The molecule has 0 saturated heterocycles. The first-order chi connectivity index (χ1) is 8.15. The van der Waals surface area contributed by atoms with Gasteiger partial charge in [-0.2, -0.15) is 0 Å². The monoisotopic (exact) mass is 233 g/mol. The van der Waals surface area contributed by atoms with Crippen molar-refractivity contribution >= 4 is 6.08 Å². The van der Waals surface area contributed by atoms with Crippen molar-refractivity contribution in [2.24, 2.45) is 0 Å². The van der Waals surface area contributed by atoms with E-state index in [9.17, 15) is 14.5 Å². The van der Waals surface area contributed by atoms with Crippen LogP contribution >= 0.6 is 0 Å². The molecule has 0 aliphatic rings. The molecular weight excluding hydrogens is 225 g/mol. The van der Waals surface area contributed by atoms with Gasteiger partial charge in [-0.15, -0.1) is 0 Å². The SMILES string of the molecule is O=[N+]([O-])C=Cc1ccc(-c2cccc(F)c2)o1. The first-order valence-electron chi connectivity index (χ1n) is 4.82. The van der Waals surface area contributed by atoms with Crippen molar-refractivity contribution in [1.82, 2.24) is 0 Å². The standard InChI is InChI=1S/C12H8FNO3/c13-10-3-1-2-9(8-10)12-5-4-11(17-12)6-7-14(15)16/h1-8H. The zero-order valence-corrected chi connectivity index (χ0v) is 8.67. The van der Waals surface area contributed by atoms with Crippen molar-refractivity contribution in [3.8, 4) is 11.3 Å². The summed E-state index contributed by atoms with van der Waals surface area (Å²) in [6, 6.07) is 9.15. The summed E-state index contributed by atoms with van der Waals surface area (Å²) in [4.78, 5) is 9.54. The maximum atomic E-state index is 13.0. The Morgan fingerprint density at radius 1 is 1.29 bits per heavy atom. The molecule has 0 unspecified atom stereocenters. The number of benzene rings is 1. The summed E-state index contributed by atoms with van der Waals surface area (Å²) in [6.45, 7) is 0. The molecule has 0 saturated carbocycles. The topological polar surface area (TPSA) is 56.3 Å². The Morgan fingerprint density at radius 2 is 2.12 bits per heavy atom. The van der Waals surface area contributed by atoms with Gasteiger partial charge in [-0.25, -0.2) is 4.39 Å². The van der Waals surface area contributed by atoms with Crippen molar-refractivity contribution in [2.75, 3.05) is 0 Å². The third-order valence-corrected chi connectivity index (χ3v) is 2.10. The number of halogens is 1. The molecule has 1 heterocycles. The largest absolute Gasteiger partial charge is 0.457 e. The van der Waals surface area contributed by atoms with Crippen LogP contribution in [0.4, 0.5) is 4.39 Å². The lowest BCUT2D eigenvalue weighted by Gasteiger charge is -1.95. The second-order valence-electron chi connectivity index (χ2n) is 3.31. The van der Waals surface area contributed by atoms with Crippen LogP contribution in [0.2, 0.25) is 0 Å². The summed E-state index contributed by atoms with van der Waals surface area (Å²) < 4.78 is 18.3. The fourth-order valence-corrected chi connectivity index (χ4v) is 1.37. The van der Waals surface area contributed by atoms with Gasteiger partial charge < -0.3 is 4.42 Å². The van der Waals surface area contributed by atoms with Crippen molar-refractivity contribution in [3.63, 3.8) is 0 Å². The van der Waals surface area contributed by atoms with E-state index in [1.54, 1.807) is 24.3 Å². The quantitative estimate of drug-likeness (QED) is 0.603. The van der Waals surface area contributed by atoms with Crippen molar-refractivity contribution < 1.29 is 13.7 Å². The molecule has 5 heteroatoms. The average Bonchev–Trinajstić information content (AvgIpc) is 2.75. The molecule has 2 rings (SSSR count). The Labute approximate surface area is 96.1 Å². The number of nitrogens with zero attached hydrogens (tertiary/aromatic N) is 1. The highest BCUT2D eigenvalue weighted by molar-refractivity contribution is 5.59. The molecule has 0 N–H and O–H groups in total. The molecule has 86 valence electrons. The van der Waals surface area contributed by atoms with Crippen LogP contribution in [0.5, 0.6) is 0 Å². The highest BCUT2D eigenvalue weighted by Crippen LogP contribution is 2.23. The van der Waals surface area contributed by atoms with Gasteiger partial charge in [0.1, 0.15) is 17.3 Å². The van der Waals surface area contributed by atoms with Crippen LogP contribution in [0.1, 0.15) is 5.76 Å². The van der Waals surface area contributed by atoms with Crippen LogP contribution in [0, 0.1) is 15.9 Å².